The average Bonchev–Trinajstić information content (AvgIpc) is 2.58. The number of nitriles is 1. The minimum Gasteiger partial charge on any atom is -0.454 e. The molecule has 0 saturated heterocycles. The van der Waals surface area contributed by atoms with Crippen LogP contribution in [0.4, 0.5) is 0 Å². The van der Waals surface area contributed by atoms with Crippen LogP contribution in [0, 0.1) is 11.3 Å². The number of unbranched alkanes of at least 4 members (excludes halogenated alkanes) is 1. The van der Waals surface area contributed by atoms with Gasteiger partial charge >= 0.3 is 5.97 Å². The molecule has 1 atom stereocenters. The average molecular weight is 373 g/mol. The van der Waals surface area contributed by atoms with Gasteiger partial charge in [-0.1, -0.05) is 32.6 Å². The second-order valence-corrected chi connectivity index (χ2v) is 8.30. The molecule has 142 valence electrons. The van der Waals surface area contributed by atoms with Gasteiger partial charge < -0.3 is 10.1 Å². The Morgan fingerprint density at radius 2 is 1.92 bits per heavy atom. The first-order valence-corrected chi connectivity index (χ1v) is 10.3. The zero-order chi connectivity index (χ0) is 18.9. The van der Waals surface area contributed by atoms with Gasteiger partial charge in [0.2, 0.25) is 10.0 Å². The summed E-state index contributed by atoms with van der Waals surface area (Å²) < 4.78 is 30.6. The molecule has 0 aromatic rings. The monoisotopic (exact) mass is 373 g/mol. The summed E-state index contributed by atoms with van der Waals surface area (Å²) in [6, 6.07) is 1.07. The van der Waals surface area contributed by atoms with Crippen LogP contribution < -0.4 is 10.0 Å². The van der Waals surface area contributed by atoms with E-state index in [1.807, 2.05) is 6.92 Å². The van der Waals surface area contributed by atoms with Crippen LogP contribution in [0.25, 0.3) is 0 Å². The lowest BCUT2D eigenvalue weighted by Crippen LogP contribution is -2.50. The third-order valence-electron chi connectivity index (χ3n) is 4.12. The van der Waals surface area contributed by atoms with Crippen LogP contribution in [0.3, 0.4) is 0 Å². The summed E-state index contributed by atoms with van der Waals surface area (Å²) in [4.78, 5) is 23.8. The Morgan fingerprint density at radius 3 is 2.48 bits per heavy atom. The van der Waals surface area contributed by atoms with Crippen LogP contribution in [-0.2, 0) is 24.3 Å². The summed E-state index contributed by atoms with van der Waals surface area (Å²) in [5, 5.41) is 11.9. The van der Waals surface area contributed by atoms with E-state index in [4.69, 9.17) is 4.74 Å². The molecule has 1 rings (SSSR count). The fourth-order valence-electron chi connectivity index (χ4n) is 2.70. The maximum atomic E-state index is 12.0. The van der Waals surface area contributed by atoms with Crippen molar-refractivity contribution in [1.82, 2.24) is 10.0 Å². The number of ether oxygens (including phenoxy) is 1. The lowest BCUT2D eigenvalue weighted by molar-refractivity contribution is -0.150. The minimum absolute atomic E-state index is 0.0632. The Kier molecular flexibility index (Phi) is 8.32. The lowest BCUT2D eigenvalue weighted by Gasteiger charge is -2.31. The third-order valence-corrected chi connectivity index (χ3v) is 5.66. The highest BCUT2D eigenvalue weighted by atomic mass is 32.2. The van der Waals surface area contributed by atoms with Gasteiger partial charge in [0, 0.05) is 0 Å². The fourth-order valence-corrected chi connectivity index (χ4v) is 4.12. The minimum atomic E-state index is -3.56. The molecule has 0 radical (unpaired) electrons. The van der Waals surface area contributed by atoms with Gasteiger partial charge in [-0.15, -0.1) is 0 Å². The fraction of sp³-hybridized carbons (Fsp3) is 0.812. The van der Waals surface area contributed by atoms with Gasteiger partial charge in [0.25, 0.3) is 5.91 Å². The lowest BCUT2D eigenvalue weighted by atomic mass is 9.83. The number of nitrogens with one attached hydrogen (secondary N) is 2. The summed E-state index contributed by atoms with van der Waals surface area (Å²) in [5.74, 6) is -1.45. The van der Waals surface area contributed by atoms with Gasteiger partial charge in [0.1, 0.15) is 11.6 Å². The van der Waals surface area contributed by atoms with E-state index in [9.17, 15) is 23.3 Å². The summed E-state index contributed by atoms with van der Waals surface area (Å²) in [6.07, 6.45) is 5.14. The van der Waals surface area contributed by atoms with Crippen molar-refractivity contribution in [1.29, 1.82) is 5.26 Å². The number of carbonyl (C=O) groups is 2. The van der Waals surface area contributed by atoms with Crippen LogP contribution in [-0.4, -0.2) is 44.2 Å². The smallest absolute Gasteiger partial charge is 0.324 e. The molecule has 1 fully saturated rings. The summed E-state index contributed by atoms with van der Waals surface area (Å²) in [6.45, 7) is 2.69. The zero-order valence-corrected chi connectivity index (χ0v) is 15.7. The van der Waals surface area contributed by atoms with Crippen LogP contribution in [0.15, 0.2) is 0 Å². The maximum absolute atomic E-state index is 12.0. The van der Waals surface area contributed by atoms with Crippen molar-refractivity contribution in [3.05, 3.63) is 0 Å². The second kappa shape index (κ2) is 9.73. The topological polar surface area (TPSA) is 125 Å². The first-order chi connectivity index (χ1) is 11.7. The number of hydrogen-bond acceptors (Lipinski definition) is 6. The van der Waals surface area contributed by atoms with Gasteiger partial charge in [-0.25, -0.2) is 13.1 Å². The van der Waals surface area contributed by atoms with Gasteiger partial charge in [-0.2, -0.15) is 5.26 Å². The molecule has 1 amide bonds. The van der Waals surface area contributed by atoms with Crippen molar-refractivity contribution in [2.75, 3.05) is 12.4 Å². The van der Waals surface area contributed by atoms with E-state index >= 15 is 0 Å². The molecule has 25 heavy (non-hydrogen) atoms. The normalized spacial score (nSPS) is 18.0. The largest absolute Gasteiger partial charge is 0.454 e. The number of esters is 1. The molecule has 8 nitrogen and oxygen atoms in total. The summed E-state index contributed by atoms with van der Waals surface area (Å²) in [7, 11) is -3.56. The molecule has 9 heteroatoms. The van der Waals surface area contributed by atoms with Crippen LogP contribution in [0.1, 0.15) is 58.8 Å². The molecule has 0 heterocycles. The second-order valence-electron chi connectivity index (χ2n) is 6.42. The number of sulfonamides is 1. The molecule has 2 N–H and O–H groups in total. The first kappa shape index (κ1) is 21.4. The molecule has 1 aliphatic rings. The van der Waals surface area contributed by atoms with Crippen molar-refractivity contribution in [3.8, 4) is 6.07 Å². The van der Waals surface area contributed by atoms with Gasteiger partial charge in [-0.05, 0) is 26.2 Å². The first-order valence-electron chi connectivity index (χ1n) is 8.62. The molecular formula is C16H27N3O5S. The van der Waals surface area contributed by atoms with Crippen molar-refractivity contribution in [2.24, 2.45) is 0 Å². The van der Waals surface area contributed by atoms with Crippen LogP contribution in [0.2, 0.25) is 0 Å². The highest BCUT2D eigenvalue weighted by Crippen LogP contribution is 2.27. The molecule has 0 unspecified atom stereocenters. The van der Waals surface area contributed by atoms with E-state index in [0.29, 0.717) is 19.3 Å². The van der Waals surface area contributed by atoms with Crippen molar-refractivity contribution < 1.29 is 22.7 Å². The van der Waals surface area contributed by atoms with Crippen molar-refractivity contribution in [3.63, 3.8) is 0 Å². The molecule has 0 aliphatic heterocycles. The van der Waals surface area contributed by atoms with Gasteiger partial charge in [-0.3, -0.25) is 9.59 Å². The van der Waals surface area contributed by atoms with E-state index < -0.39 is 40.1 Å². The Hall–Kier alpha value is -1.66. The van der Waals surface area contributed by atoms with E-state index in [2.05, 4.69) is 16.1 Å². The Balaban J connectivity index is 2.44. The van der Waals surface area contributed by atoms with E-state index in [1.54, 1.807) is 0 Å². The number of amides is 1. The Labute approximate surface area is 149 Å². The number of carbonyl (C=O) groups excluding carboxylic acids is 2. The zero-order valence-electron chi connectivity index (χ0n) is 14.8. The number of nitrogens with zero attached hydrogens (tertiary/aromatic N) is 1. The van der Waals surface area contributed by atoms with Crippen molar-refractivity contribution in [2.45, 2.75) is 70.4 Å². The van der Waals surface area contributed by atoms with Crippen LogP contribution >= 0.6 is 0 Å². The molecule has 0 spiro atoms. The molecule has 0 aromatic heterocycles. The standard InChI is InChI=1S/C16H27N3O5S/c1-3-4-10-25(22,23)19-13(2)15(21)24-11-14(20)18-16(12-17)8-6-5-7-9-16/h13,19H,3-11H2,1-2H3,(H,18,20)/t13-/m0/s1. The Morgan fingerprint density at radius 1 is 1.28 bits per heavy atom. The number of rotatable bonds is 9. The predicted octanol–water partition coefficient (Wildman–Crippen LogP) is 0.980. The van der Waals surface area contributed by atoms with Crippen molar-refractivity contribution >= 4 is 21.9 Å². The molecule has 0 aromatic carbocycles. The highest BCUT2D eigenvalue weighted by molar-refractivity contribution is 7.89. The maximum Gasteiger partial charge on any atom is 0.324 e. The van der Waals surface area contributed by atoms with E-state index in [-0.39, 0.29) is 5.75 Å². The molecule has 1 aliphatic carbocycles. The third kappa shape index (κ3) is 7.40. The molecular weight excluding hydrogens is 346 g/mol. The van der Waals surface area contributed by atoms with E-state index in [0.717, 1.165) is 25.7 Å². The SMILES string of the molecule is CCCCS(=O)(=O)N[C@@H](C)C(=O)OCC(=O)NC1(C#N)CCCCC1. The highest BCUT2D eigenvalue weighted by Gasteiger charge is 2.34. The van der Waals surface area contributed by atoms with Gasteiger partial charge in [0.05, 0.1) is 11.8 Å². The summed E-state index contributed by atoms with van der Waals surface area (Å²) >= 11 is 0. The predicted molar refractivity (Wildman–Crippen MR) is 91.8 cm³/mol. The molecule has 0 bridgehead atoms. The summed E-state index contributed by atoms with van der Waals surface area (Å²) in [5.41, 5.74) is -0.894. The van der Waals surface area contributed by atoms with E-state index in [1.165, 1.54) is 6.92 Å². The number of hydrogen-bond donors (Lipinski definition) is 2. The van der Waals surface area contributed by atoms with Crippen LogP contribution in [0.5, 0.6) is 0 Å². The van der Waals surface area contributed by atoms with Gasteiger partial charge in [0.15, 0.2) is 6.61 Å². The Bertz CT molecular complexity index is 606. The quantitative estimate of drug-likeness (QED) is 0.580. The molecule has 1 saturated carbocycles.